The molecule has 31 heavy (non-hydrogen) atoms. The van der Waals surface area contributed by atoms with Gasteiger partial charge in [0, 0.05) is 20.0 Å². The van der Waals surface area contributed by atoms with Gasteiger partial charge >= 0.3 is 0 Å². The lowest BCUT2D eigenvalue weighted by Gasteiger charge is -2.31. The highest BCUT2D eigenvalue weighted by molar-refractivity contribution is 5.88. The van der Waals surface area contributed by atoms with Gasteiger partial charge in [-0.05, 0) is 36.1 Å². The van der Waals surface area contributed by atoms with Crippen LogP contribution in [0.5, 0.6) is 0 Å². The van der Waals surface area contributed by atoms with E-state index in [0.29, 0.717) is 13.0 Å². The fourth-order valence-electron chi connectivity index (χ4n) is 3.67. The van der Waals surface area contributed by atoms with E-state index in [2.05, 4.69) is 5.32 Å². The van der Waals surface area contributed by atoms with Gasteiger partial charge in [-0.2, -0.15) is 0 Å². The van der Waals surface area contributed by atoms with Crippen LogP contribution in [0.25, 0.3) is 0 Å². The summed E-state index contributed by atoms with van der Waals surface area (Å²) in [5.74, 6) is -0.216. The van der Waals surface area contributed by atoms with Crippen LogP contribution in [0.4, 0.5) is 0 Å². The van der Waals surface area contributed by atoms with Gasteiger partial charge in [0.1, 0.15) is 6.04 Å². The van der Waals surface area contributed by atoms with Crippen molar-refractivity contribution in [1.82, 2.24) is 10.2 Å². The molecule has 0 radical (unpaired) electrons. The van der Waals surface area contributed by atoms with E-state index in [1.54, 1.807) is 11.9 Å². The molecule has 0 aliphatic rings. The summed E-state index contributed by atoms with van der Waals surface area (Å²) in [6.07, 6.45) is 0.723. The number of nitrogens with one attached hydrogen (secondary N) is 1. The Bertz CT molecular complexity index is 1010. The summed E-state index contributed by atoms with van der Waals surface area (Å²) < 4.78 is 0. The predicted molar refractivity (Wildman–Crippen MR) is 125 cm³/mol. The van der Waals surface area contributed by atoms with Crippen LogP contribution in [0.15, 0.2) is 78.9 Å². The molecule has 0 bridgehead atoms. The molecule has 1 atom stereocenters. The van der Waals surface area contributed by atoms with Crippen LogP contribution in [0.1, 0.15) is 27.8 Å². The second-order valence-electron chi connectivity index (χ2n) is 7.93. The first-order chi connectivity index (χ1) is 15.0. The van der Waals surface area contributed by atoms with Crippen molar-refractivity contribution in [3.05, 3.63) is 107 Å². The standard InChI is InChI=1S/C27H30N2O2/c1-20-13-15-23(16-14-20)18-26(30)29(19-24-12-8-7-9-21(24)2)25(27(31)28-3)17-22-10-5-4-6-11-22/h4-16,25H,17-19H2,1-3H3,(H,28,31). The minimum Gasteiger partial charge on any atom is -0.357 e. The van der Waals surface area contributed by atoms with Crippen molar-refractivity contribution in [2.24, 2.45) is 0 Å². The third-order valence-electron chi connectivity index (χ3n) is 5.60. The van der Waals surface area contributed by atoms with E-state index >= 15 is 0 Å². The zero-order valence-corrected chi connectivity index (χ0v) is 18.5. The lowest BCUT2D eigenvalue weighted by atomic mass is 10.0. The number of likely N-dealkylation sites (N-methyl/N-ethyl adjacent to an activating group) is 1. The van der Waals surface area contributed by atoms with E-state index in [1.807, 2.05) is 92.7 Å². The van der Waals surface area contributed by atoms with E-state index in [9.17, 15) is 9.59 Å². The molecule has 0 spiro atoms. The molecule has 3 aromatic rings. The summed E-state index contributed by atoms with van der Waals surface area (Å²) >= 11 is 0. The molecule has 4 heteroatoms. The summed E-state index contributed by atoms with van der Waals surface area (Å²) in [6, 6.07) is 25.2. The first-order valence-corrected chi connectivity index (χ1v) is 10.6. The number of hydrogen-bond acceptors (Lipinski definition) is 2. The van der Waals surface area contributed by atoms with Gasteiger partial charge < -0.3 is 10.2 Å². The maximum Gasteiger partial charge on any atom is 0.242 e. The lowest BCUT2D eigenvalue weighted by Crippen LogP contribution is -2.50. The summed E-state index contributed by atoms with van der Waals surface area (Å²) in [4.78, 5) is 28.2. The van der Waals surface area contributed by atoms with Gasteiger partial charge in [-0.15, -0.1) is 0 Å². The van der Waals surface area contributed by atoms with E-state index in [0.717, 1.165) is 27.8 Å². The van der Waals surface area contributed by atoms with E-state index in [4.69, 9.17) is 0 Å². The fraction of sp³-hybridized carbons (Fsp3) is 0.259. The number of amides is 2. The first-order valence-electron chi connectivity index (χ1n) is 10.6. The summed E-state index contributed by atoms with van der Waals surface area (Å²) in [5, 5.41) is 2.76. The second-order valence-corrected chi connectivity index (χ2v) is 7.93. The summed E-state index contributed by atoms with van der Waals surface area (Å²) in [5.41, 5.74) is 5.27. The van der Waals surface area contributed by atoms with Crippen LogP contribution in [-0.2, 0) is 29.0 Å². The topological polar surface area (TPSA) is 49.4 Å². The van der Waals surface area contributed by atoms with Gasteiger partial charge in [-0.1, -0.05) is 84.4 Å². The Morgan fingerprint density at radius 3 is 2.13 bits per heavy atom. The molecule has 3 aromatic carbocycles. The molecule has 1 N–H and O–H groups in total. The molecule has 1 unspecified atom stereocenters. The van der Waals surface area contributed by atoms with Crippen LogP contribution in [-0.4, -0.2) is 29.8 Å². The monoisotopic (exact) mass is 414 g/mol. The Kier molecular flexibility index (Phi) is 7.60. The third kappa shape index (κ3) is 6.05. The van der Waals surface area contributed by atoms with Gasteiger partial charge in [0.15, 0.2) is 0 Å². The van der Waals surface area contributed by atoms with Crippen LogP contribution >= 0.6 is 0 Å². The molecule has 0 heterocycles. The minimum absolute atomic E-state index is 0.0587. The molecule has 0 aliphatic heterocycles. The SMILES string of the molecule is CNC(=O)C(Cc1ccccc1)N(Cc1ccccc1C)C(=O)Cc1ccc(C)cc1. The Balaban J connectivity index is 1.94. The Morgan fingerprint density at radius 1 is 0.839 bits per heavy atom. The molecule has 160 valence electrons. The van der Waals surface area contributed by atoms with E-state index in [1.165, 1.54) is 0 Å². The van der Waals surface area contributed by atoms with Gasteiger partial charge in [-0.3, -0.25) is 9.59 Å². The summed E-state index contributed by atoms with van der Waals surface area (Å²) in [7, 11) is 1.62. The maximum atomic E-state index is 13.5. The molecule has 0 fully saturated rings. The predicted octanol–water partition coefficient (Wildman–Crippen LogP) is 4.23. The molecule has 0 aliphatic carbocycles. The van der Waals surface area contributed by atoms with Crippen molar-refractivity contribution in [2.75, 3.05) is 7.05 Å². The minimum atomic E-state index is -0.593. The van der Waals surface area contributed by atoms with Crippen LogP contribution < -0.4 is 5.32 Å². The van der Waals surface area contributed by atoms with Crippen molar-refractivity contribution >= 4 is 11.8 Å². The first kappa shape index (κ1) is 22.3. The maximum absolute atomic E-state index is 13.5. The molecule has 3 rings (SSSR count). The molecule has 0 saturated carbocycles. The Morgan fingerprint density at radius 2 is 1.48 bits per heavy atom. The van der Waals surface area contributed by atoms with Crippen molar-refractivity contribution in [1.29, 1.82) is 0 Å². The molecule has 0 saturated heterocycles. The number of rotatable bonds is 8. The third-order valence-corrected chi connectivity index (χ3v) is 5.60. The van der Waals surface area contributed by atoms with Crippen LogP contribution in [0.3, 0.4) is 0 Å². The van der Waals surface area contributed by atoms with Gasteiger partial charge in [0.2, 0.25) is 11.8 Å². The number of nitrogens with zero attached hydrogens (tertiary/aromatic N) is 1. The van der Waals surface area contributed by atoms with Crippen molar-refractivity contribution in [2.45, 2.75) is 39.3 Å². The normalized spacial score (nSPS) is 11.6. The van der Waals surface area contributed by atoms with Crippen LogP contribution in [0.2, 0.25) is 0 Å². The molecular formula is C27H30N2O2. The highest BCUT2D eigenvalue weighted by Gasteiger charge is 2.30. The zero-order valence-electron chi connectivity index (χ0n) is 18.5. The quantitative estimate of drug-likeness (QED) is 0.600. The number of benzene rings is 3. The van der Waals surface area contributed by atoms with Crippen LogP contribution in [0, 0.1) is 13.8 Å². The van der Waals surface area contributed by atoms with E-state index in [-0.39, 0.29) is 18.2 Å². The molecule has 4 nitrogen and oxygen atoms in total. The smallest absolute Gasteiger partial charge is 0.242 e. The zero-order chi connectivity index (χ0) is 22.2. The summed E-state index contributed by atoms with van der Waals surface area (Å²) in [6.45, 7) is 4.45. The average molecular weight is 415 g/mol. The number of aryl methyl sites for hydroxylation is 2. The largest absolute Gasteiger partial charge is 0.357 e. The second kappa shape index (κ2) is 10.6. The highest BCUT2D eigenvalue weighted by atomic mass is 16.2. The molecule has 2 amide bonds. The van der Waals surface area contributed by atoms with Gasteiger partial charge in [0.05, 0.1) is 6.42 Å². The number of hydrogen-bond donors (Lipinski definition) is 1. The van der Waals surface area contributed by atoms with Crippen molar-refractivity contribution in [3.63, 3.8) is 0 Å². The van der Waals surface area contributed by atoms with Crippen molar-refractivity contribution in [3.8, 4) is 0 Å². The van der Waals surface area contributed by atoms with Crippen molar-refractivity contribution < 1.29 is 9.59 Å². The number of carbonyl (C=O) groups excluding carboxylic acids is 2. The fourth-order valence-corrected chi connectivity index (χ4v) is 3.67. The number of carbonyl (C=O) groups is 2. The Hall–Kier alpha value is -3.40. The Labute approximate surface area is 184 Å². The van der Waals surface area contributed by atoms with Gasteiger partial charge in [-0.25, -0.2) is 0 Å². The van der Waals surface area contributed by atoms with Gasteiger partial charge in [0.25, 0.3) is 0 Å². The molecular weight excluding hydrogens is 384 g/mol. The highest BCUT2D eigenvalue weighted by Crippen LogP contribution is 2.18. The molecule has 0 aromatic heterocycles. The van der Waals surface area contributed by atoms with E-state index < -0.39 is 6.04 Å². The average Bonchev–Trinajstić information content (AvgIpc) is 2.79. The lowest BCUT2D eigenvalue weighted by molar-refractivity contribution is -0.140.